The summed E-state index contributed by atoms with van der Waals surface area (Å²) in [6.45, 7) is 2.86. The first-order valence-electron chi connectivity index (χ1n) is 3.59. The van der Waals surface area contributed by atoms with Gasteiger partial charge in [-0.25, -0.2) is 0 Å². The molecule has 1 heterocycles. The fourth-order valence-corrected chi connectivity index (χ4v) is 1.24. The highest BCUT2D eigenvalue weighted by atomic mass is 35.5. The van der Waals surface area contributed by atoms with Crippen LogP contribution in [0.5, 0.6) is 0 Å². The summed E-state index contributed by atoms with van der Waals surface area (Å²) in [5, 5.41) is 3.89. The first-order chi connectivity index (χ1) is 5.24. The van der Waals surface area contributed by atoms with Gasteiger partial charge in [-0.15, -0.1) is 0 Å². The lowest BCUT2D eigenvalue weighted by molar-refractivity contribution is 0.196. The molecule has 0 amide bonds. The Balaban J connectivity index is 2.24. The quantitative estimate of drug-likeness (QED) is 0.728. The highest BCUT2D eigenvalue weighted by molar-refractivity contribution is 6.36. The van der Waals surface area contributed by atoms with Crippen molar-refractivity contribution in [3.05, 3.63) is 10.6 Å². The van der Waals surface area contributed by atoms with Gasteiger partial charge >= 0.3 is 0 Å². The Kier molecular flexibility index (Phi) is 3.66. The molecule has 0 bridgehead atoms. The summed E-state index contributed by atoms with van der Waals surface area (Å²) < 4.78 is 0. The third-order valence-electron chi connectivity index (χ3n) is 1.90. The first-order valence-corrected chi connectivity index (χ1v) is 4.41. The van der Waals surface area contributed by atoms with Crippen molar-refractivity contribution < 1.29 is 0 Å². The van der Waals surface area contributed by atoms with Gasteiger partial charge in [0, 0.05) is 36.2 Å². The van der Waals surface area contributed by atoms with Gasteiger partial charge in [-0.05, 0) is 7.05 Å². The van der Waals surface area contributed by atoms with Crippen LogP contribution in [0, 0.1) is 0 Å². The molecule has 64 valence electrons. The Labute approximate surface area is 77.1 Å². The summed E-state index contributed by atoms with van der Waals surface area (Å²) in [4.78, 5) is 2.19. The zero-order valence-corrected chi connectivity index (χ0v) is 7.99. The van der Waals surface area contributed by atoms with Gasteiger partial charge in [0.1, 0.15) is 0 Å². The summed E-state index contributed by atoms with van der Waals surface area (Å²) in [6.07, 6.45) is 0. The molecule has 0 spiro atoms. The Morgan fingerprint density at radius 2 is 2.36 bits per heavy atom. The molecule has 1 rings (SSSR count). The highest BCUT2D eigenvalue weighted by Crippen LogP contribution is 2.09. The van der Waals surface area contributed by atoms with Gasteiger partial charge in [0.05, 0.1) is 0 Å². The van der Waals surface area contributed by atoms with Crippen LogP contribution < -0.4 is 5.32 Å². The molecular formula is C7H12Cl2N2. The SMILES string of the molecule is CN(CC(Cl)=CCl)C1CNC1. The van der Waals surface area contributed by atoms with Crippen LogP contribution in [0.3, 0.4) is 0 Å². The topological polar surface area (TPSA) is 15.3 Å². The van der Waals surface area contributed by atoms with Crippen molar-refractivity contribution >= 4 is 23.2 Å². The van der Waals surface area contributed by atoms with Crippen LogP contribution in [0.25, 0.3) is 0 Å². The summed E-state index contributed by atoms with van der Waals surface area (Å²) >= 11 is 11.2. The highest BCUT2D eigenvalue weighted by Gasteiger charge is 2.21. The third kappa shape index (κ3) is 2.64. The molecule has 1 aliphatic heterocycles. The molecule has 0 radical (unpaired) electrons. The second-order valence-corrected chi connectivity index (χ2v) is 3.49. The Morgan fingerprint density at radius 3 is 2.73 bits per heavy atom. The van der Waals surface area contributed by atoms with Crippen molar-refractivity contribution in [2.45, 2.75) is 6.04 Å². The minimum absolute atomic E-state index is 0.625. The van der Waals surface area contributed by atoms with Crippen molar-refractivity contribution in [3.8, 4) is 0 Å². The standard InChI is InChI=1S/C7H12Cl2N2/c1-11(5-6(9)2-8)7-3-10-4-7/h2,7,10H,3-5H2,1H3. The summed E-state index contributed by atoms with van der Waals surface area (Å²) in [7, 11) is 2.05. The predicted octanol–water partition coefficient (Wildman–Crippen LogP) is 1.21. The third-order valence-corrected chi connectivity index (χ3v) is 2.51. The lowest BCUT2D eigenvalue weighted by Gasteiger charge is -2.35. The summed E-state index contributed by atoms with van der Waals surface area (Å²) in [6, 6.07) is 0.625. The zero-order chi connectivity index (χ0) is 8.27. The van der Waals surface area contributed by atoms with Gasteiger partial charge < -0.3 is 5.32 Å². The largest absolute Gasteiger partial charge is 0.314 e. The molecule has 1 fully saturated rings. The lowest BCUT2D eigenvalue weighted by Crippen LogP contribution is -2.56. The minimum Gasteiger partial charge on any atom is -0.314 e. The zero-order valence-electron chi connectivity index (χ0n) is 6.48. The van der Waals surface area contributed by atoms with Crippen LogP contribution in [0.2, 0.25) is 0 Å². The number of nitrogens with one attached hydrogen (secondary N) is 1. The van der Waals surface area contributed by atoms with Crippen LogP contribution in [-0.2, 0) is 0 Å². The maximum atomic E-state index is 5.75. The van der Waals surface area contributed by atoms with Crippen LogP contribution >= 0.6 is 23.2 Å². The second-order valence-electron chi connectivity index (χ2n) is 2.78. The molecule has 1 aliphatic rings. The molecule has 0 saturated carbocycles. The molecule has 0 atom stereocenters. The number of halogens is 2. The molecule has 0 aromatic heterocycles. The van der Waals surface area contributed by atoms with Crippen molar-refractivity contribution in [2.75, 3.05) is 26.7 Å². The van der Waals surface area contributed by atoms with E-state index < -0.39 is 0 Å². The number of hydrogen-bond acceptors (Lipinski definition) is 2. The van der Waals surface area contributed by atoms with Crippen molar-refractivity contribution in [2.24, 2.45) is 0 Å². The van der Waals surface area contributed by atoms with Crippen molar-refractivity contribution in [1.82, 2.24) is 10.2 Å². The van der Waals surface area contributed by atoms with E-state index in [0.717, 1.165) is 19.6 Å². The van der Waals surface area contributed by atoms with E-state index in [-0.39, 0.29) is 0 Å². The lowest BCUT2D eigenvalue weighted by atomic mass is 10.1. The minimum atomic E-state index is 0.625. The number of hydrogen-bond donors (Lipinski definition) is 1. The molecule has 0 aromatic carbocycles. The van der Waals surface area contributed by atoms with E-state index >= 15 is 0 Å². The van der Waals surface area contributed by atoms with E-state index in [2.05, 4.69) is 10.2 Å². The smallest absolute Gasteiger partial charge is 0.0434 e. The monoisotopic (exact) mass is 194 g/mol. The molecule has 2 nitrogen and oxygen atoms in total. The van der Waals surface area contributed by atoms with Gasteiger partial charge in [0.25, 0.3) is 0 Å². The average Bonchev–Trinajstić information content (AvgIpc) is 1.83. The van der Waals surface area contributed by atoms with Gasteiger partial charge in [0.2, 0.25) is 0 Å². The van der Waals surface area contributed by atoms with Crippen molar-refractivity contribution in [1.29, 1.82) is 0 Å². The summed E-state index contributed by atoms with van der Waals surface area (Å²) in [5.41, 5.74) is 1.42. The van der Waals surface area contributed by atoms with E-state index in [1.54, 1.807) is 0 Å². The Hall–Kier alpha value is 0.240. The molecule has 0 aromatic rings. The first kappa shape index (κ1) is 9.33. The molecule has 4 heteroatoms. The van der Waals surface area contributed by atoms with Crippen LogP contribution in [0.1, 0.15) is 0 Å². The van der Waals surface area contributed by atoms with E-state index in [1.807, 2.05) is 7.05 Å². The van der Waals surface area contributed by atoms with Gasteiger partial charge in [0.15, 0.2) is 0 Å². The van der Waals surface area contributed by atoms with E-state index in [0.29, 0.717) is 11.1 Å². The maximum absolute atomic E-state index is 5.75. The molecule has 1 saturated heterocycles. The number of rotatable bonds is 3. The average molecular weight is 195 g/mol. The number of likely N-dealkylation sites (N-methyl/N-ethyl adjacent to an activating group) is 1. The van der Waals surface area contributed by atoms with E-state index in [4.69, 9.17) is 23.2 Å². The normalized spacial score (nSPS) is 20.5. The summed E-state index contributed by atoms with van der Waals surface area (Å²) in [5.74, 6) is 0. The Bertz CT molecular complexity index is 155. The van der Waals surface area contributed by atoms with Crippen LogP contribution in [-0.4, -0.2) is 37.6 Å². The van der Waals surface area contributed by atoms with Crippen LogP contribution in [0.15, 0.2) is 10.6 Å². The molecular weight excluding hydrogens is 183 g/mol. The predicted molar refractivity (Wildman–Crippen MR) is 49.1 cm³/mol. The maximum Gasteiger partial charge on any atom is 0.0434 e. The fourth-order valence-electron chi connectivity index (χ4n) is 0.987. The second kappa shape index (κ2) is 4.31. The number of nitrogens with zero attached hydrogens (tertiary/aromatic N) is 1. The molecule has 11 heavy (non-hydrogen) atoms. The van der Waals surface area contributed by atoms with E-state index in [1.165, 1.54) is 5.54 Å². The molecule has 1 N–H and O–H groups in total. The van der Waals surface area contributed by atoms with Gasteiger partial charge in [-0.3, -0.25) is 4.90 Å². The van der Waals surface area contributed by atoms with E-state index in [9.17, 15) is 0 Å². The molecule has 0 aliphatic carbocycles. The Morgan fingerprint density at radius 1 is 1.73 bits per heavy atom. The van der Waals surface area contributed by atoms with Gasteiger partial charge in [-0.2, -0.15) is 0 Å². The molecule has 0 unspecified atom stereocenters. The fraction of sp³-hybridized carbons (Fsp3) is 0.714. The van der Waals surface area contributed by atoms with Crippen LogP contribution in [0.4, 0.5) is 0 Å². The van der Waals surface area contributed by atoms with Crippen molar-refractivity contribution in [3.63, 3.8) is 0 Å². The van der Waals surface area contributed by atoms with Gasteiger partial charge in [-0.1, -0.05) is 23.2 Å².